The molecule has 0 spiro atoms. The number of thiophene rings is 1. The number of aromatic nitrogens is 1. The number of halogens is 1. The highest BCUT2D eigenvalue weighted by atomic mass is 35.5. The second kappa shape index (κ2) is 7.78. The van der Waals surface area contributed by atoms with Crippen LogP contribution in [0, 0.1) is 0 Å². The van der Waals surface area contributed by atoms with Gasteiger partial charge in [-0.05, 0) is 44.4 Å². The highest BCUT2D eigenvalue weighted by Crippen LogP contribution is 2.21. The van der Waals surface area contributed by atoms with Crippen LogP contribution in [0.4, 0.5) is 5.82 Å². The maximum Gasteiger partial charge on any atom is 0.126 e. The molecule has 2 heterocycles. The number of hydrogen-bond acceptors (Lipinski definition) is 4. The molecule has 3 nitrogen and oxygen atoms in total. The van der Waals surface area contributed by atoms with E-state index in [1.807, 2.05) is 12.1 Å². The molecule has 0 saturated heterocycles. The standard InChI is InChI=1S/C16H22ClN3S/c1-4-18-16-8-7-14(17)15(19-16)11-20(12(2)3)10-13-6-5-9-21-13/h5-9,12H,4,10-11H2,1-3H3,(H,18,19). The van der Waals surface area contributed by atoms with Crippen LogP contribution in [0.3, 0.4) is 0 Å². The third-order valence-corrected chi connectivity index (χ3v) is 4.50. The summed E-state index contributed by atoms with van der Waals surface area (Å²) in [6.07, 6.45) is 0. The second-order valence-electron chi connectivity index (χ2n) is 5.23. The average Bonchev–Trinajstić information content (AvgIpc) is 2.95. The van der Waals surface area contributed by atoms with Gasteiger partial charge in [0.25, 0.3) is 0 Å². The summed E-state index contributed by atoms with van der Waals surface area (Å²) in [7, 11) is 0. The fourth-order valence-electron chi connectivity index (χ4n) is 2.09. The number of anilines is 1. The number of hydrogen-bond donors (Lipinski definition) is 1. The van der Waals surface area contributed by atoms with Crippen molar-refractivity contribution in [2.45, 2.75) is 39.9 Å². The molecule has 114 valence electrons. The Morgan fingerprint density at radius 1 is 1.29 bits per heavy atom. The Labute approximate surface area is 136 Å². The van der Waals surface area contributed by atoms with Gasteiger partial charge in [-0.15, -0.1) is 11.3 Å². The molecule has 0 bridgehead atoms. The fraction of sp³-hybridized carbons (Fsp3) is 0.438. The molecule has 0 atom stereocenters. The van der Waals surface area contributed by atoms with Crippen molar-refractivity contribution >= 4 is 28.8 Å². The molecule has 0 fully saturated rings. The first-order valence-corrected chi connectivity index (χ1v) is 8.51. The van der Waals surface area contributed by atoms with E-state index < -0.39 is 0 Å². The van der Waals surface area contributed by atoms with E-state index >= 15 is 0 Å². The minimum atomic E-state index is 0.438. The molecule has 2 aromatic rings. The van der Waals surface area contributed by atoms with Crippen molar-refractivity contribution in [2.75, 3.05) is 11.9 Å². The Morgan fingerprint density at radius 2 is 2.10 bits per heavy atom. The summed E-state index contributed by atoms with van der Waals surface area (Å²) in [5, 5.41) is 6.08. The zero-order valence-electron chi connectivity index (χ0n) is 12.8. The third-order valence-electron chi connectivity index (χ3n) is 3.30. The predicted octanol–water partition coefficient (Wildman–Crippen LogP) is 4.64. The van der Waals surface area contributed by atoms with E-state index in [0.717, 1.165) is 36.2 Å². The minimum Gasteiger partial charge on any atom is -0.370 e. The van der Waals surface area contributed by atoms with Crippen LogP contribution in [-0.2, 0) is 13.1 Å². The summed E-state index contributed by atoms with van der Waals surface area (Å²) in [6.45, 7) is 9.02. The Morgan fingerprint density at radius 3 is 2.71 bits per heavy atom. The maximum absolute atomic E-state index is 6.31. The van der Waals surface area contributed by atoms with Gasteiger partial charge in [0.2, 0.25) is 0 Å². The highest BCUT2D eigenvalue weighted by Gasteiger charge is 2.14. The molecule has 0 unspecified atom stereocenters. The zero-order valence-corrected chi connectivity index (χ0v) is 14.3. The van der Waals surface area contributed by atoms with Crippen molar-refractivity contribution in [2.24, 2.45) is 0 Å². The molecular weight excluding hydrogens is 302 g/mol. The first kappa shape index (κ1) is 16.3. The van der Waals surface area contributed by atoms with Crippen LogP contribution in [-0.4, -0.2) is 22.5 Å². The summed E-state index contributed by atoms with van der Waals surface area (Å²) in [5.74, 6) is 0.886. The molecule has 0 aliphatic rings. The number of nitrogens with zero attached hydrogens (tertiary/aromatic N) is 2. The quantitative estimate of drug-likeness (QED) is 0.804. The van der Waals surface area contributed by atoms with Crippen LogP contribution in [0.5, 0.6) is 0 Å². The molecule has 0 saturated carbocycles. The van der Waals surface area contributed by atoms with E-state index in [2.05, 4.69) is 53.5 Å². The molecule has 2 rings (SSSR count). The normalized spacial score (nSPS) is 11.3. The van der Waals surface area contributed by atoms with E-state index in [1.165, 1.54) is 4.88 Å². The highest BCUT2D eigenvalue weighted by molar-refractivity contribution is 7.09. The van der Waals surface area contributed by atoms with Crippen LogP contribution in [0.25, 0.3) is 0 Å². The number of rotatable bonds is 7. The Balaban J connectivity index is 2.14. The lowest BCUT2D eigenvalue weighted by atomic mass is 10.2. The van der Waals surface area contributed by atoms with Gasteiger partial charge in [0, 0.05) is 30.6 Å². The van der Waals surface area contributed by atoms with E-state index in [0.29, 0.717) is 6.04 Å². The zero-order chi connectivity index (χ0) is 15.2. The van der Waals surface area contributed by atoms with Gasteiger partial charge in [-0.25, -0.2) is 4.98 Å². The summed E-state index contributed by atoms with van der Waals surface area (Å²) < 4.78 is 0. The van der Waals surface area contributed by atoms with Crippen LogP contribution in [0.1, 0.15) is 31.3 Å². The van der Waals surface area contributed by atoms with Gasteiger partial charge in [0.15, 0.2) is 0 Å². The lowest BCUT2D eigenvalue weighted by molar-refractivity contribution is 0.203. The third kappa shape index (κ3) is 4.70. The molecule has 2 aromatic heterocycles. The molecule has 0 aromatic carbocycles. The lowest BCUT2D eigenvalue weighted by Crippen LogP contribution is -2.30. The van der Waals surface area contributed by atoms with E-state index in [4.69, 9.17) is 11.6 Å². The molecule has 21 heavy (non-hydrogen) atoms. The largest absolute Gasteiger partial charge is 0.370 e. The van der Waals surface area contributed by atoms with Crippen molar-refractivity contribution in [3.63, 3.8) is 0 Å². The topological polar surface area (TPSA) is 28.2 Å². The molecule has 0 aliphatic heterocycles. The number of pyridine rings is 1. The molecule has 0 aliphatic carbocycles. The van der Waals surface area contributed by atoms with Crippen LogP contribution in [0.15, 0.2) is 29.6 Å². The minimum absolute atomic E-state index is 0.438. The van der Waals surface area contributed by atoms with Crippen LogP contribution < -0.4 is 5.32 Å². The van der Waals surface area contributed by atoms with Gasteiger partial charge in [-0.1, -0.05) is 17.7 Å². The SMILES string of the molecule is CCNc1ccc(Cl)c(CN(Cc2cccs2)C(C)C)n1. The van der Waals surface area contributed by atoms with Crippen molar-refractivity contribution < 1.29 is 0 Å². The van der Waals surface area contributed by atoms with Gasteiger partial charge >= 0.3 is 0 Å². The first-order chi connectivity index (χ1) is 10.1. The van der Waals surface area contributed by atoms with Gasteiger partial charge in [0.05, 0.1) is 10.7 Å². The summed E-state index contributed by atoms with van der Waals surface area (Å²) in [6, 6.07) is 8.55. The Hall–Kier alpha value is -1.10. The van der Waals surface area contributed by atoms with E-state index in [-0.39, 0.29) is 0 Å². The van der Waals surface area contributed by atoms with Crippen molar-refractivity contribution in [1.82, 2.24) is 9.88 Å². The molecule has 0 amide bonds. The van der Waals surface area contributed by atoms with Gasteiger partial charge in [-0.3, -0.25) is 4.90 Å². The predicted molar refractivity (Wildman–Crippen MR) is 92.1 cm³/mol. The summed E-state index contributed by atoms with van der Waals surface area (Å²) in [4.78, 5) is 8.38. The fourth-order valence-corrected chi connectivity index (χ4v) is 2.99. The van der Waals surface area contributed by atoms with E-state index in [9.17, 15) is 0 Å². The molecular formula is C16H22ClN3S. The maximum atomic E-state index is 6.31. The summed E-state index contributed by atoms with van der Waals surface area (Å²) in [5.41, 5.74) is 0.931. The smallest absolute Gasteiger partial charge is 0.126 e. The van der Waals surface area contributed by atoms with Crippen LogP contribution in [0.2, 0.25) is 5.02 Å². The van der Waals surface area contributed by atoms with Crippen molar-refractivity contribution in [1.29, 1.82) is 0 Å². The second-order valence-corrected chi connectivity index (χ2v) is 6.67. The molecule has 0 radical (unpaired) electrons. The Kier molecular flexibility index (Phi) is 6.03. The van der Waals surface area contributed by atoms with Gasteiger partial charge < -0.3 is 5.32 Å². The van der Waals surface area contributed by atoms with Crippen molar-refractivity contribution in [3.8, 4) is 0 Å². The van der Waals surface area contributed by atoms with E-state index in [1.54, 1.807) is 11.3 Å². The first-order valence-electron chi connectivity index (χ1n) is 7.26. The number of nitrogens with one attached hydrogen (secondary N) is 1. The lowest BCUT2D eigenvalue weighted by Gasteiger charge is -2.26. The van der Waals surface area contributed by atoms with Crippen molar-refractivity contribution in [3.05, 3.63) is 45.2 Å². The summed E-state index contributed by atoms with van der Waals surface area (Å²) >= 11 is 8.10. The van der Waals surface area contributed by atoms with Crippen LogP contribution >= 0.6 is 22.9 Å². The van der Waals surface area contributed by atoms with Gasteiger partial charge in [0.1, 0.15) is 5.82 Å². The Bertz CT molecular complexity index is 555. The monoisotopic (exact) mass is 323 g/mol. The molecule has 5 heteroatoms. The molecule has 1 N–H and O–H groups in total. The van der Waals surface area contributed by atoms with Gasteiger partial charge in [-0.2, -0.15) is 0 Å². The average molecular weight is 324 g/mol.